The molecule has 0 amide bonds. The monoisotopic (exact) mass is 554 g/mol. The number of halogens is 2. The van der Waals surface area contributed by atoms with Crippen LogP contribution in [0.1, 0.15) is 49.4 Å². The van der Waals surface area contributed by atoms with Crippen molar-refractivity contribution in [3.8, 4) is 0 Å². The smallest absolute Gasteiger partial charge is 0.191 e. The molecule has 0 radical (unpaired) electrons. The third-order valence-electron chi connectivity index (χ3n) is 5.87. The van der Waals surface area contributed by atoms with Gasteiger partial charge in [0.05, 0.1) is 6.54 Å². The topological polar surface area (TPSA) is 57.7 Å². The van der Waals surface area contributed by atoms with Gasteiger partial charge in [-0.3, -0.25) is 0 Å². The summed E-state index contributed by atoms with van der Waals surface area (Å²) < 4.78 is 19.5. The third kappa shape index (κ3) is 7.71. The average Bonchev–Trinajstić information content (AvgIpc) is 2.79. The number of ether oxygens (including phenoxy) is 1. The van der Waals surface area contributed by atoms with Crippen LogP contribution >= 0.6 is 24.0 Å². The van der Waals surface area contributed by atoms with Gasteiger partial charge in [-0.25, -0.2) is 9.38 Å². The SMILES string of the molecule is CCNC(=NCc1ccc(C)c(F)c1)NCC1(NC(C)c2ccccc2)CCOCC1.I. The Morgan fingerprint density at radius 3 is 2.50 bits per heavy atom. The molecule has 1 atom stereocenters. The van der Waals surface area contributed by atoms with E-state index in [1.165, 1.54) is 5.56 Å². The van der Waals surface area contributed by atoms with Crippen molar-refractivity contribution in [3.63, 3.8) is 0 Å². The lowest BCUT2D eigenvalue weighted by molar-refractivity contribution is 0.0355. The normalized spacial score (nSPS) is 16.7. The molecule has 0 aliphatic carbocycles. The van der Waals surface area contributed by atoms with Gasteiger partial charge < -0.3 is 20.7 Å². The van der Waals surface area contributed by atoms with Crippen LogP contribution in [0.3, 0.4) is 0 Å². The summed E-state index contributed by atoms with van der Waals surface area (Å²) in [5.74, 6) is 0.550. The summed E-state index contributed by atoms with van der Waals surface area (Å²) in [5.41, 5.74) is 2.70. The maximum absolute atomic E-state index is 13.9. The molecule has 1 unspecified atom stereocenters. The Labute approximate surface area is 208 Å². The molecule has 0 spiro atoms. The molecule has 0 bridgehead atoms. The highest BCUT2D eigenvalue weighted by Crippen LogP contribution is 2.25. The fourth-order valence-electron chi connectivity index (χ4n) is 3.92. The number of guanidine groups is 1. The Balaban J connectivity index is 0.00000363. The molecule has 32 heavy (non-hydrogen) atoms. The summed E-state index contributed by atoms with van der Waals surface area (Å²) in [4.78, 5) is 4.68. The Morgan fingerprint density at radius 2 is 1.84 bits per heavy atom. The lowest BCUT2D eigenvalue weighted by Gasteiger charge is -2.41. The first-order valence-corrected chi connectivity index (χ1v) is 11.2. The van der Waals surface area contributed by atoms with E-state index in [1.807, 2.05) is 19.1 Å². The molecular weight excluding hydrogens is 518 g/mol. The molecular formula is C25H36FIN4O. The molecule has 1 fully saturated rings. The molecule has 1 aliphatic heterocycles. The van der Waals surface area contributed by atoms with E-state index in [4.69, 9.17) is 4.74 Å². The summed E-state index contributed by atoms with van der Waals surface area (Å²) in [6, 6.07) is 16.0. The van der Waals surface area contributed by atoms with E-state index in [1.54, 1.807) is 19.1 Å². The first-order chi connectivity index (χ1) is 15.0. The number of hydrogen-bond acceptors (Lipinski definition) is 3. The highest BCUT2D eigenvalue weighted by molar-refractivity contribution is 14.0. The van der Waals surface area contributed by atoms with Gasteiger partial charge in [0.25, 0.3) is 0 Å². The lowest BCUT2D eigenvalue weighted by atomic mass is 9.88. The number of rotatable bonds is 8. The fraction of sp³-hybridized carbons (Fsp3) is 0.480. The molecule has 7 heteroatoms. The number of hydrogen-bond donors (Lipinski definition) is 3. The maximum Gasteiger partial charge on any atom is 0.191 e. The summed E-state index contributed by atoms with van der Waals surface area (Å²) in [6.07, 6.45) is 1.86. The van der Waals surface area contributed by atoms with E-state index in [-0.39, 0.29) is 41.4 Å². The fourth-order valence-corrected chi connectivity index (χ4v) is 3.92. The number of aliphatic imine (C=N–C) groups is 1. The molecule has 176 valence electrons. The Morgan fingerprint density at radius 1 is 1.12 bits per heavy atom. The molecule has 0 aromatic heterocycles. The Bertz CT molecular complexity index is 856. The van der Waals surface area contributed by atoms with Crippen molar-refractivity contribution in [1.29, 1.82) is 0 Å². The van der Waals surface area contributed by atoms with Crippen LogP contribution < -0.4 is 16.0 Å². The second-order valence-corrected chi connectivity index (χ2v) is 8.30. The molecule has 1 saturated heterocycles. The minimum absolute atomic E-state index is 0. The largest absolute Gasteiger partial charge is 0.381 e. The standard InChI is InChI=1S/C25H35FN4O.HI/c1-4-27-24(28-17-21-11-10-19(2)23(26)16-21)29-18-25(12-14-31-15-13-25)30-20(3)22-8-6-5-7-9-22;/h5-11,16,20,30H,4,12-15,17-18H2,1-3H3,(H2,27,28,29);1H. The van der Waals surface area contributed by atoms with Crippen molar-refractivity contribution in [1.82, 2.24) is 16.0 Å². The summed E-state index contributed by atoms with van der Waals surface area (Å²) in [6.45, 7) is 9.43. The second-order valence-electron chi connectivity index (χ2n) is 8.30. The molecule has 3 rings (SSSR count). The maximum atomic E-state index is 13.9. The van der Waals surface area contributed by atoms with Crippen molar-refractivity contribution in [2.24, 2.45) is 4.99 Å². The molecule has 2 aromatic carbocycles. The minimum Gasteiger partial charge on any atom is -0.381 e. The van der Waals surface area contributed by atoms with Crippen molar-refractivity contribution >= 4 is 29.9 Å². The number of aryl methyl sites for hydroxylation is 1. The van der Waals surface area contributed by atoms with E-state index in [2.05, 4.69) is 52.1 Å². The van der Waals surface area contributed by atoms with Gasteiger partial charge in [0, 0.05) is 37.9 Å². The number of nitrogens with one attached hydrogen (secondary N) is 3. The number of nitrogens with zero attached hydrogens (tertiary/aromatic N) is 1. The highest BCUT2D eigenvalue weighted by Gasteiger charge is 2.34. The van der Waals surface area contributed by atoms with Crippen LogP contribution in [0.25, 0.3) is 0 Å². The quantitative estimate of drug-likeness (QED) is 0.252. The zero-order valence-electron chi connectivity index (χ0n) is 19.3. The Hall–Kier alpha value is -1.71. The van der Waals surface area contributed by atoms with E-state index in [9.17, 15) is 4.39 Å². The van der Waals surface area contributed by atoms with Gasteiger partial charge in [0.2, 0.25) is 0 Å². The van der Waals surface area contributed by atoms with Gasteiger partial charge in [0.15, 0.2) is 5.96 Å². The van der Waals surface area contributed by atoms with Crippen LogP contribution in [0.2, 0.25) is 0 Å². The van der Waals surface area contributed by atoms with E-state index >= 15 is 0 Å². The highest BCUT2D eigenvalue weighted by atomic mass is 127. The van der Waals surface area contributed by atoms with Gasteiger partial charge in [-0.15, -0.1) is 24.0 Å². The number of benzene rings is 2. The lowest BCUT2D eigenvalue weighted by Crippen LogP contribution is -2.58. The zero-order chi connectivity index (χ0) is 22.1. The van der Waals surface area contributed by atoms with Crippen LogP contribution in [0.5, 0.6) is 0 Å². The Kier molecular flexibility index (Phi) is 10.9. The van der Waals surface area contributed by atoms with Gasteiger partial charge in [-0.05, 0) is 56.4 Å². The van der Waals surface area contributed by atoms with Gasteiger partial charge in [0.1, 0.15) is 5.82 Å². The predicted octanol–water partition coefficient (Wildman–Crippen LogP) is 4.71. The van der Waals surface area contributed by atoms with Crippen molar-refractivity contribution in [2.75, 3.05) is 26.3 Å². The first kappa shape index (κ1) is 26.5. The van der Waals surface area contributed by atoms with Gasteiger partial charge >= 0.3 is 0 Å². The third-order valence-corrected chi connectivity index (χ3v) is 5.87. The minimum atomic E-state index is -0.189. The van der Waals surface area contributed by atoms with Crippen molar-refractivity contribution in [2.45, 2.75) is 51.7 Å². The summed E-state index contributed by atoms with van der Waals surface area (Å²) in [7, 11) is 0. The van der Waals surface area contributed by atoms with Gasteiger partial charge in [-0.2, -0.15) is 0 Å². The second kappa shape index (κ2) is 13.1. The van der Waals surface area contributed by atoms with Gasteiger partial charge in [-0.1, -0.05) is 42.5 Å². The van der Waals surface area contributed by atoms with Crippen LogP contribution in [-0.2, 0) is 11.3 Å². The molecule has 0 saturated carbocycles. The summed E-state index contributed by atoms with van der Waals surface area (Å²) >= 11 is 0. The van der Waals surface area contributed by atoms with Crippen LogP contribution in [-0.4, -0.2) is 37.8 Å². The van der Waals surface area contributed by atoms with Crippen LogP contribution in [0.4, 0.5) is 4.39 Å². The zero-order valence-corrected chi connectivity index (χ0v) is 21.6. The first-order valence-electron chi connectivity index (χ1n) is 11.2. The molecule has 1 heterocycles. The van der Waals surface area contributed by atoms with Crippen molar-refractivity contribution < 1.29 is 9.13 Å². The molecule has 3 N–H and O–H groups in total. The average molecular weight is 554 g/mol. The molecule has 5 nitrogen and oxygen atoms in total. The van der Waals surface area contributed by atoms with E-state index in [0.29, 0.717) is 12.1 Å². The van der Waals surface area contributed by atoms with Crippen molar-refractivity contribution in [3.05, 3.63) is 71.0 Å². The molecule has 1 aliphatic rings. The van der Waals surface area contributed by atoms with E-state index < -0.39 is 0 Å². The van der Waals surface area contributed by atoms with Crippen LogP contribution in [0, 0.1) is 12.7 Å². The predicted molar refractivity (Wildman–Crippen MR) is 140 cm³/mol. The van der Waals surface area contributed by atoms with Crippen LogP contribution in [0.15, 0.2) is 53.5 Å². The van der Waals surface area contributed by atoms with E-state index in [0.717, 1.165) is 50.7 Å². The summed E-state index contributed by atoms with van der Waals surface area (Å²) in [5, 5.41) is 10.7. The molecule has 2 aromatic rings.